The quantitative estimate of drug-likeness (QED) is 0.678. The fourth-order valence-corrected chi connectivity index (χ4v) is 2.45. The number of nitrogens with one attached hydrogen (secondary N) is 1. The summed E-state index contributed by atoms with van der Waals surface area (Å²) in [5.74, 6) is 0.240. The molecule has 1 heterocycles. The predicted octanol–water partition coefficient (Wildman–Crippen LogP) is 2.93. The number of hydrogen-bond donors (Lipinski definition) is 1. The summed E-state index contributed by atoms with van der Waals surface area (Å²) in [4.78, 5) is 21.0. The Kier molecular flexibility index (Phi) is 5.23. The third kappa shape index (κ3) is 4.57. The molecule has 19 heavy (non-hydrogen) atoms. The average molecular weight is 291 g/mol. The van der Waals surface area contributed by atoms with Crippen molar-refractivity contribution in [2.45, 2.75) is 10.1 Å². The largest absolute Gasteiger partial charge is 0.325 e. The van der Waals surface area contributed by atoms with E-state index in [4.69, 9.17) is 0 Å². The SMILES string of the molecule is CSc1cccc(NC(=O)CSc2ncccn2)c1. The van der Waals surface area contributed by atoms with E-state index >= 15 is 0 Å². The van der Waals surface area contributed by atoms with Crippen molar-refractivity contribution in [3.63, 3.8) is 0 Å². The van der Waals surface area contributed by atoms with Crippen molar-refractivity contribution in [3.8, 4) is 0 Å². The average Bonchev–Trinajstić information content (AvgIpc) is 2.46. The third-order valence-electron chi connectivity index (χ3n) is 2.23. The maximum atomic E-state index is 11.8. The van der Waals surface area contributed by atoms with Gasteiger partial charge in [-0.25, -0.2) is 9.97 Å². The molecule has 2 rings (SSSR count). The van der Waals surface area contributed by atoms with Crippen molar-refractivity contribution in [3.05, 3.63) is 42.7 Å². The van der Waals surface area contributed by atoms with Crippen LogP contribution in [0.3, 0.4) is 0 Å². The number of aromatic nitrogens is 2. The van der Waals surface area contributed by atoms with Gasteiger partial charge in [0.2, 0.25) is 5.91 Å². The molecule has 1 amide bonds. The zero-order valence-electron chi connectivity index (χ0n) is 10.4. The molecule has 1 aromatic heterocycles. The fourth-order valence-electron chi connectivity index (χ4n) is 1.39. The summed E-state index contributed by atoms with van der Waals surface area (Å²) in [6.07, 6.45) is 5.33. The molecule has 1 N–H and O–H groups in total. The van der Waals surface area contributed by atoms with E-state index in [1.54, 1.807) is 30.2 Å². The Morgan fingerprint density at radius 1 is 1.26 bits per heavy atom. The normalized spacial score (nSPS) is 10.2. The van der Waals surface area contributed by atoms with Gasteiger partial charge in [-0.2, -0.15) is 0 Å². The zero-order chi connectivity index (χ0) is 13.5. The van der Waals surface area contributed by atoms with Crippen LogP contribution in [0.25, 0.3) is 0 Å². The highest BCUT2D eigenvalue weighted by Crippen LogP contribution is 2.19. The third-order valence-corrected chi connectivity index (χ3v) is 3.83. The van der Waals surface area contributed by atoms with Gasteiger partial charge in [-0.3, -0.25) is 4.79 Å². The molecule has 0 aliphatic heterocycles. The van der Waals surface area contributed by atoms with Crippen molar-refractivity contribution in [1.29, 1.82) is 0 Å². The van der Waals surface area contributed by atoms with E-state index in [0.717, 1.165) is 10.6 Å². The van der Waals surface area contributed by atoms with Gasteiger partial charge in [0.1, 0.15) is 0 Å². The summed E-state index contributed by atoms with van der Waals surface area (Å²) in [6.45, 7) is 0. The van der Waals surface area contributed by atoms with Gasteiger partial charge < -0.3 is 5.32 Å². The van der Waals surface area contributed by atoms with Gasteiger partial charge in [-0.15, -0.1) is 11.8 Å². The minimum Gasteiger partial charge on any atom is -0.325 e. The van der Waals surface area contributed by atoms with Crippen LogP contribution in [0.5, 0.6) is 0 Å². The summed E-state index contributed by atoms with van der Waals surface area (Å²) < 4.78 is 0. The maximum Gasteiger partial charge on any atom is 0.234 e. The molecule has 6 heteroatoms. The second kappa shape index (κ2) is 7.16. The molecule has 1 aromatic carbocycles. The highest BCUT2D eigenvalue weighted by Gasteiger charge is 2.05. The molecule has 0 radical (unpaired) electrons. The Morgan fingerprint density at radius 2 is 2.05 bits per heavy atom. The molecule has 0 spiro atoms. The van der Waals surface area contributed by atoms with E-state index in [0.29, 0.717) is 10.9 Å². The lowest BCUT2D eigenvalue weighted by molar-refractivity contribution is -0.113. The number of amides is 1. The van der Waals surface area contributed by atoms with Gasteiger partial charge in [-0.1, -0.05) is 17.8 Å². The van der Waals surface area contributed by atoms with E-state index in [1.165, 1.54) is 11.8 Å². The molecule has 0 fully saturated rings. The number of carbonyl (C=O) groups excluding carboxylic acids is 1. The van der Waals surface area contributed by atoms with Gasteiger partial charge in [0.15, 0.2) is 5.16 Å². The van der Waals surface area contributed by atoms with Crippen LogP contribution in [-0.4, -0.2) is 27.9 Å². The lowest BCUT2D eigenvalue weighted by Gasteiger charge is -2.05. The minimum atomic E-state index is -0.0595. The topological polar surface area (TPSA) is 54.9 Å². The molecule has 4 nitrogen and oxygen atoms in total. The van der Waals surface area contributed by atoms with Gasteiger partial charge in [0, 0.05) is 23.0 Å². The van der Waals surface area contributed by atoms with Crippen molar-refractivity contribution in [2.75, 3.05) is 17.3 Å². The second-order valence-electron chi connectivity index (χ2n) is 3.60. The molecule has 0 unspecified atom stereocenters. The Morgan fingerprint density at radius 3 is 2.79 bits per heavy atom. The van der Waals surface area contributed by atoms with Crippen molar-refractivity contribution in [2.24, 2.45) is 0 Å². The molecule has 0 aliphatic rings. The van der Waals surface area contributed by atoms with Crippen LogP contribution in [0.2, 0.25) is 0 Å². The van der Waals surface area contributed by atoms with Crippen molar-refractivity contribution in [1.82, 2.24) is 9.97 Å². The van der Waals surface area contributed by atoms with E-state index in [-0.39, 0.29) is 5.91 Å². The molecule has 2 aromatic rings. The molecule has 0 atom stereocenters. The van der Waals surface area contributed by atoms with Crippen LogP contribution in [-0.2, 0) is 4.79 Å². The maximum absolute atomic E-state index is 11.8. The van der Waals surface area contributed by atoms with Gasteiger partial charge in [0.05, 0.1) is 5.75 Å². The number of hydrogen-bond acceptors (Lipinski definition) is 5. The Bertz CT molecular complexity index is 549. The first-order valence-electron chi connectivity index (χ1n) is 5.61. The molecule has 0 saturated carbocycles. The molecular weight excluding hydrogens is 278 g/mol. The standard InChI is InChI=1S/C13H13N3OS2/c1-18-11-5-2-4-10(8-11)16-12(17)9-19-13-14-6-3-7-15-13/h2-8H,9H2,1H3,(H,16,17). The Hall–Kier alpha value is -1.53. The highest BCUT2D eigenvalue weighted by atomic mass is 32.2. The highest BCUT2D eigenvalue weighted by molar-refractivity contribution is 7.99. The zero-order valence-corrected chi connectivity index (χ0v) is 12.0. The molecule has 98 valence electrons. The molecule has 0 saturated heterocycles. The van der Waals surface area contributed by atoms with Crippen LogP contribution >= 0.6 is 23.5 Å². The lowest BCUT2D eigenvalue weighted by Crippen LogP contribution is -2.14. The second-order valence-corrected chi connectivity index (χ2v) is 5.42. The minimum absolute atomic E-state index is 0.0595. The monoisotopic (exact) mass is 291 g/mol. The smallest absolute Gasteiger partial charge is 0.234 e. The number of nitrogens with zero attached hydrogens (tertiary/aromatic N) is 2. The molecule has 0 bridgehead atoms. The van der Waals surface area contributed by atoms with Crippen molar-refractivity contribution < 1.29 is 4.79 Å². The molecule has 0 aliphatic carbocycles. The number of thioether (sulfide) groups is 2. The van der Waals surface area contributed by atoms with Crippen LogP contribution in [0.1, 0.15) is 0 Å². The van der Waals surface area contributed by atoms with Crippen molar-refractivity contribution >= 4 is 35.1 Å². The van der Waals surface area contributed by atoms with E-state index in [9.17, 15) is 4.79 Å². The number of benzene rings is 1. The van der Waals surface area contributed by atoms with Crippen LogP contribution < -0.4 is 5.32 Å². The summed E-state index contributed by atoms with van der Waals surface area (Å²) in [6, 6.07) is 9.51. The van der Waals surface area contributed by atoms with Gasteiger partial charge in [-0.05, 0) is 30.5 Å². The number of rotatable bonds is 5. The van der Waals surface area contributed by atoms with Crippen LogP contribution in [0.4, 0.5) is 5.69 Å². The Labute approximate surface area is 120 Å². The molecular formula is C13H13N3OS2. The van der Waals surface area contributed by atoms with Crippen LogP contribution in [0.15, 0.2) is 52.8 Å². The Balaban J connectivity index is 1.87. The summed E-state index contributed by atoms with van der Waals surface area (Å²) in [7, 11) is 0. The van der Waals surface area contributed by atoms with E-state index in [1.807, 2.05) is 30.5 Å². The lowest BCUT2D eigenvalue weighted by atomic mass is 10.3. The number of carbonyl (C=O) groups is 1. The van der Waals surface area contributed by atoms with Gasteiger partial charge in [0.25, 0.3) is 0 Å². The number of anilines is 1. The summed E-state index contributed by atoms with van der Waals surface area (Å²) in [5, 5.41) is 3.47. The van der Waals surface area contributed by atoms with Gasteiger partial charge >= 0.3 is 0 Å². The first-order valence-corrected chi connectivity index (χ1v) is 7.82. The fraction of sp³-hybridized carbons (Fsp3) is 0.154. The first-order chi connectivity index (χ1) is 9.28. The summed E-state index contributed by atoms with van der Waals surface area (Å²) in [5.41, 5.74) is 0.812. The predicted molar refractivity (Wildman–Crippen MR) is 79.6 cm³/mol. The summed E-state index contributed by atoms with van der Waals surface area (Å²) >= 11 is 2.96. The first kappa shape index (κ1) is 13.9. The van der Waals surface area contributed by atoms with E-state index < -0.39 is 0 Å². The van der Waals surface area contributed by atoms with Crippen LogP contribution in [0, 0.1) is 0 Å². The van der Waals surface area contributed by atoms with E-state index in [2.05, 4.69) is 15.3 Å².